The van der Waals surface area contributed by atoms with Crippen LogP contribution in [0.1, 0.15) is 36.3 Å². The van der Waals surface area contributed by atoms with E-state index in [4.69, 9.17) is 4.74 Å². The van der Waals surface area contributed by atoms with Gasteiger partial charge in [0, 0.05) is 31.0 Å². The van der Waals surface area contributed by atoms with Gasteiger partial charge in [-0.05, 0) is 61.9 Å². The lowest BCUT2D eigenvalue weighted by atomic mass is 9.72. The normalized spacial score (nSPS) is 26.0. The second-order valence-electron chi connectivity index (χ2n) is 8.45. The van der Waals surface area contributed by atoms with Gasteiger partial charge in [-0.15, -0.1) is 0 Å². The SMILES string of the molecule is COc1ccc(S(=O)(=O)N2C[C@@H]3C[C@H]4[C@H](C=C(C)CN4C)c4cccc2c43)cc1. The van der Waals surface area contributed by atoms with Crippen molar-refractivity contribution < 1.29 is 13.2 Å². The average Bonchev–Trinajstić information content (AvgIpc) is 3.10. The smallest absolute Gasteiger partial charge is 0.264 e. The Balaban J connectivity index is 1.59. The van der Waals surface area contributed by atoms with E-state index in [0.717, 1.165) is 18.7 Å². The fourth-order valence-corrected chi connectivity index (χ4v) is 6.91. The number of sulfonamides is 1. The Kier molecular flexibility index (Phi) is 4.26. The summed E-state index contributed by atoms with van der Waals surface area (Å²) in [6, 6.07) is 13.2. The molecule has 5 rings (SSSR count). The summed E-state index contributed by atoms with van der Waals surface area (Å²) in [5.41, 5.74) is 4.75. The first kappa shape index (κ1) is 18.7. The molecule has 0 spiro atoms. The third kappa shape index (κ3) is 2.81. The lowest BCUT2D eigenvalue weighted by molar-refractivity contribution is 0.198. The largest absolute Gasteiger partial charge is 0.497 e. The van der Waals surface area contributed by atoms with E-state index in [1.165, 1.54) is 16.7 Å². The number of methoxy groups -OCH3 is 1. The maximum absolute atomic E-state index is 13.5. The molecule has 0 unspecified atom stereocenters. The highest BCUT2D eigenvalue weighted by molar-refractivity contribution is 7.92. The molecule has 2 aromatic rings. The van der Waals surface area contributed by atoms with Gasteiger partial charge in [0.1, 0.15) is 5.75 Å². The first-order chi connectivity index (χ1) is 13.9. The summed E-state index contributed by atoms with van der Waals surface area (Å²) in [5, 5.41) is 0. The third-order valence-corrected chi connectivity index (χ3v) is 8.45. The van der Waals surface area contributed by atoms with E-state index < -0.39 is 10.0 Å². The maximum atomic E-state index is 13.5. The Morgan fingerprint density at radius 1 is 1.10 bits per heavy atom. The number of benzene rings is 2. The van der Waals surface area contributed by atoms with Crippen LogP contribution in [0.2, 0.25) is 0 Å². The van der Waals surface area contributed by atoms with Crippen molar-refractivity contribution in [1.29, 1.82) is 0 Å². The summed E-state index contributed by atoms with van der Waals surface area (Å²) in [6.07, 6.45) is 3.38. The van der Waals surface area contributed by atoms with E-state index in [-0.39, 0.29) is 5.92 Å². The lowest BCUT2D eigenvalue weighted by Crippen LogP contribution is -2.44. The van der Waals surface area contributed by atoms with Crippen LogP contribution in [0, 0.1) is 0 Å². The van der Waals surface area contributed by atoms with Crippen LogP contribution in [0.5, 0.6) is 5.75 Å². The molecule has 2 aliphatic heterocycles. The van der Waals surface area contributed by atoms with Crippen LogP contribution < -0.4 is 9.04 Å². The summed E-state index contributed by atoms with van der Waals surface area (Å²) < 4.78 is 33.8. The maximum Gasteiger partial charge on any atom is 0.264 e. The summed E-state index contributed by atoms with van der Waals surface area (Å²) in [5.74, 6) is 1.23. The number of anilines is 1. The minimum absolute atomic E-state index is 0.240. The van der Waals surface area contributed by atoms with Crippen LogP contribution in [0.15, 0.2) is 59.0 Å². The molecule has 3 atom stereocenters. The molecule has 0 amide bonds. The summed E-state index contributed by atoms with van der Waals surface area (Å²) >= 11 is 0. The van der Waals surface area contributed by atoms with Gasteiger partial charge in [-0.1, -0.05) is 23.8 Å². The molecule has 152 valence electrons. The molecule has 0 saturated carbocycles. The zero-order chi connectivity index (χ0) is 20.3. The molecule has 3 aliphatic rings. The molecule has 0 bridgehead atoms. The molecule has 29 heavy (non-hydrogen) atoms. The van der Waals surface area contributed by atoms with Gasteiger partial charge in [0.05, 0.1) is 17.7 Å². The summed E-state index contributed by atoms with van der Waals surface area (Å²) in [7, 11) is 0.145. The van der Waals surface area contributed by atoms with Crippen molar-refractivity contribution in [3.05, 3.63) is 65.2 Å². The van der Waals surface area contributed by atoms with Crippen molar-refractivity contribution in [2.75, 3.05) is 31.6 Å². The predicted octanol–water partition coefficient (Wildman–Crippen LogP) is 3.74. The van der Waals surface area contributed by atoms with Crippen molar-refractivity contribution in [2.24, 2.45) is 0 Å². The molecule has 0 aromatic heterocycles. The number of hydrogen-bond acceptors (Lipinski definition) is 4. The fourth-order valence-electron chi connectivity index (χ4n) is 5.38. The van der Waals surface area contributed by atoms with Crippen molar-refractivity contribution in [3.63, 3.8) is 0 Å². The number of hydrogen-bond donors (Lipinski definition) is 0. The molecule has 6 heteroatoms. The van der Waals surface area contributed by atoms with E-state index in [0.29, 0.717) is 29.1 Å². The monoisotopic (exact) mass is 410 g/mol. The number of rotatable bonds is 3. The van der Waals surface area contributed by atoms with Gasteiger partial charge in [-0.2, -0.15) is 0 Å². The van der Waals surface area contributed by atoms with Gasteiger partial charge in [0.15, 0.2) is 0 Å². The number of likely N-dealkylation sites (N-methyl/N-ethyl adjacent to an activating group) is 1. The first-order valence-electron chi connectivity index (χ1n) is 10.1. The Morgan fingerprint density at radius 2 is 1.86 bits per heavy atom. The van der Waals surface area contributed by atoms with E-state index in [9.17, 15) is 8.42 Å². The van der Waals surface area contributed by atoms with Gasteiger partial charge in [0.25, 0.3) is 10.0 Å². The zero-order valence-corrected chi connectivity index (χ0v) is 17.8. The second-order valence-corrected chi connectivity index (χ2v) is 10.3. The molecule has 0 fully saturated rings. The number of ether oxygens (including phenoxy) is 1. The minimum Gasteiger partial charge on any atom is -0.497 e. The van der Waals surface area contributed by atoms with Gasteiger partial charge in [0.2, 0.25) is 0 Å². The Labute approximate surface area is 172 Å². The molecule has 1 aliphatic carbocycles. The molecular formula is C23H26N2O3S. The third-order valence-electron chi connectivity index (χ3n) is 6.66. The van der Waals surface area contributed by atoms with Crippen LogP contribution in [-0.4, -0.2) is 46.6 Å². The average molecular weight is 411 g/mol. The van der Waals surface area contributed by atoms with Crippen molar-refractivity contribution in [3.8, 4) is 5.75 Å². The molecule has 2 aromatic carbocycles. The molecule has 0 N–H and O–H groups in total. The molecule has 2 heterocycles. The van der Waals surface area contributed by atoms with Crippen LogP contribution in [-0.2, 0) is 10.0 Å². The standard InChI is InChI=1S/C23H26N2O3S/c1-15-11-20-19-5-4-6-21-23(19)16(12-22(20)24(2)13-15)14-25(21)29(26,27)18-9-7-17(28-3)8-10-18/h4-11,16,20,22H,12-14H2,1-3H3/t16-,20+,22-/m0/s1. The van der Waals surface area contributed by atoms with Gasteiger partial charge >= 0.3 is 0 Å². The van der Waals surface area contributed by atoms with Crippen LogP contribution in [0.4, 0.5) is 5.69 Å². The Hall–Kier alpha value is -2.31. The van der Waals surface area contributed by atoms with Gasteiger partial charge in [-0.25, -0.2) is 8.42 Å². The van der Waals surface area contributed by atoms with E-state index in [1.807, 2.05) is 12.1 Å². The van der Waals surface area contributed by atoms with Crippen LogP contribution >= 0.6 is 0 Å². The highest BCUT2D eigenvalue weighted by Gasteiger charge is 2.45. The highest BCUT2D eigenvalue weighted by Crippen LogP contribution is 2.52. The van der Waals surface area contributed by atoms with E-state index in [2.05, 4.69) is 31.0 Å². The van der Waals surface area contributed by atoms with Crippen LogP contribution in [0.25, 0.3) is 0 Å². The fraction of sp³-hybridized carbons (Fsp3) is 0.391. The number of nitrogens with zero attached hydrogens (tertiary/aromatic N) is 2. The molecular weight excluding hydrogens is 384 g/mol. The van der Waals surface area contributed by atoms with Crippen molar-refractivity contribution in [2.45, 2.75) is 36.1 Å². The second kappa shape index (κ2) is 6.61. The predicted molar refractivity (Wildman–Crippen MR) is 114 cm³/mol. The Morgan fingerprint density at radius 3 is 2.59 bits per heavy atom. The highest BCUT2D eigenvalue weighted by atomic mass is 32.2. The minimum atomic E-state index is -3.62. The molecule has 5 nitrogen and oxygen atoms in total. The lowest BCUT2D eigenvalue weighted by Gasteiger charge is -2.43. The Bertz CT molecular complexity index is 1090. The van der Waals surface area contributed by atoms with Crippen molar-refractivity contribution >= 4 is 15.7 Å². The van der Waals surface area contributed by atoms with E-state index in [1.54, 1.807) is 35.7 Å². The van der Waals surface area contributed by atoms with Gasteiger partial charge < -0.3 is 4.74 Å². The number of fused-ring (bicyclic) bond motifs is 2. The van der Waals surface area contributed by atoms with Crippen molar-refractivity contribution in [1.82, 2.24) is 4.90 Å². The summed E-state index contributed by atoms with van der Waals surface area (Å²) in [6.45, 7) is 3.68. The van der Waals surface area contributed by atoms with Crippen LogP contribution in [0.3, 0.4) is 0 Å². The topological polar surface area (TPSA) is 49.9 Å². The molecule has 0 radical (unpaired) electrons. The van der Waals surface area contributed by atoms with E-state index >= 15 is 0 Å². The first-order valence-corrected chi connectivity index (χ1v) is 11.5. The summed E-state index contributed by atoms with van der Waals surface area (Å²) in [4.78, 5) is 2.73. The molecule has 0 saturated heterocycles. The quantitative estimate of drug-likeness (QED) is 0.724. The van der Waals surface area contributed by atoms with Gasteiger partial charge in [-0.3, -0.25) is 9.21 Å². The zero-order valence-electron chi connectivity index (χ0n) is 17.0.